The number of benzene rings is 1. The normalized spacial score (nSPS) is 40.6. The Bertz CT molecular complexity index is 658. The van der Waals surface area contributed by atoms with Gasteiger partial charge in [-0.3, -0.25) is 0 Å². The quantitative estimate of drug-likeness (QED) is 0.570. The van der Waals surface area contributed by atoms with Crippen molar-refractivity contribution < 1.29 is 9.47 Å². The molecule has 0 N–H and O–H groups in total. The van der Waals surface area contributed by atoms with Gasteiger partial charge in [0.15, 0.2) is 0 Å². The molecule has 1 aromatic rings. The van der Waals surface area contributed by atoms with Gasteiger partial charge in [0.05, 0.1) is 12.2 Å². The average Bonchev–Trinajstić information content (AvgIpc) is 2.94. The number of hydrogen-bond acceptors (Lipinski definition) is 2. The molecule has 1 saturated carbocycles. The largest absolute Gasteiger partial charge is 0.487 e. The summed E-state index contributed by atoms with van der Waals surface area (Å²) in [5.74, 6) is 1.67. The first-order valence-corrected chi connectivity index (χ1v) is 10.2. The van der Waals surface area contributed by atoms with Gasteiger partial charge in [-0.1, -0.05) is 32.0 Å². The first kappa shape index (κ1) is 17.9. The van der Waals surface area contributed by atoms with Crippen LogP contribution >= 0.6 is 23.2 Å². The Morgan fingerprint density at radius 1 is 1.12 bits per heavy atom. The summed E-state index contributed by atoms with van der Waals surface area (Å²) in [6.45, 7) is 8.74. The summed E-state index contributed by atoms with van der Waals surface area (Å²) in [6, 6.07) is 8.34. The summed E-state index contributed by atoms with van der Waals surface area (Å²) >= 11 is 13.0. The van der Waals surface area contributed by atoms with Crippen LogP contribution in [0.5, 0.6) is 5.75 Å². The van der Waals surface area contributed by atoms with E-state index in [1.165, 1.54) is 5.56 Å². The van der Waals surface area contributed by atoms with E-state index in [0.717, 1.165) is 31.4 Å². The molecule has 1 saturated heterocycles. The number of para-hydroxylation sites is 1. The molecule has 2 nitrogen and oxygen atoms in total. The number of fused-ring (bicyclic) bond motifs is 3. The van der Waals surface area contributed by atoms with Crippen molar-refractivity contribution in [3.8, 4) is 5.75 Å². The molecule has 3 aliphatic rings. The van der Waals surface area contributed by atoms with Crippen molar-refractivity contribution in [2.75, 3.05) is 0 Å². The van der Waals surface area contributed by atoms with Gasteiger partial charge < -0.3 is 9.47 Å². The van der Waals surface area contributed by atoms with E-state index in [0.29, 0.717) is 17.9 Å². The van der Waals surface area contributed by atoms with Gasteiger partial charge in [-0.05, 0) is 45.6 Å². The van der Waals surface area contributed by atoms with Crippen molar-refractivity contribution in [3.05, 3.63) is 29.8 Å². The lowest BCUT2D eigenvalue weighted by Crippen LogP contribution is -2.50. The van der Waals surface area contributed by atoms with Gasteiger partial charge in [0.2, 0.25) is 0 Å². The second kappa shape index (κ2) is 5.78. The predicted octanol–water partition coefficient (Wildman–Crippen LogP) is 6.30. The highest BCUT2D eigenvalue weighted by molar-refractivity contribution is 6.51. The van der Waals surface area contributed by atoms with Gasteiger partial charge in [-0.15, -0.1) is 23.2 Å². The lowest BCUT2D eigenvalue weighted by molar-refractivity contribution is -0.153. The highest BCUT2D eigenvalue weighted by Crippen LogP contribution is 2.70. The van der Waals surface area contributed by atoms with Crippen molar-refractivity contribution in [1.82, 2.24) is 0 Å². The Morgan fingerprint density at radius 3 is 2.48 bits per heavy atom. The van der Waals surface area contributed by atoms with Gasteiger partial charge in [0.1, 0.15) is 15.7 Å². The average molecular weight is 383 g/mol. The van der Waals surface area contributed by atoms with Gasteiger partial charge >= 0.3 is 0 Å². The van der Waals surface area contributed by atoms with Gasteiger partial charge in [0, 0.05) is 22.8 Å². The van der Waals surface area contributed by atoms with E-state index in [-0.39, 0.29) is 17.1 Å². The summed E-state index contributed by atoms with van der Waals surface area (Å²) in [5.41, 5.74) is 0.949. The summed E-state index contributed by atoms with van der Waals surface area (Å²) in [6.07, 6.45) is 4.59. The number of halogens is 2. The number of rotatable bonds is 3. The molecule has 25 heavy (non-hydrogen) atoms. The Labute approximate surface area is 161 Å². The Hall–Kier alpha value is -0.440. The molecule has 138 valence electrons. The Kier molecular flexibility index (Phi) is 4.15. The topological polar surface area (TPSA) is 18.5 Å². The van der Waals surface area contributed by atoms with Crippen molar-refractivity contribution in [2.24, 2.45) is 17.3 Å². The standard InChI is InChI=1S/C21H28Cl2O2/c1-13-9-10-15-18(24-13)14-7-5-6-8-16(14)25-20(15,4)12-11-17-19(2,3)21(17,22)23/h5-8,13,15,17-18H,9-12H2,1-4H3/t13-,15-,17-,18-,20-/m0/s1. The van der Waals surface area contributed by atoms with Crippen LogP contribution in [0.15, 0.2) is 24.3 Å². The fourth-order valence-corrected chi connectivity index (χ4v) is 5.91. The molecule has 5 atom stereocenters. The van der Waals surface area contributed by atoms with Crippen LogP contribution in [0.4, 0.5) is 0 Å². The number of alkyl halides is 2. The third kappa shape index (κ3) is 2.71. The molecule has 4 heteroatoms. The van der Waals surface area contributed by atoms with Crippen molar-refractivity contribution >= 4 is 23.2 Å². The van der Waals surface area contributed by atoms with Crippen LogP contribution in [0.2, 0.25) is 0 Å². The highest BCUT2D eigenvalue weighted by atomic mass is 35.5. The SMILES string of the molecule is C[C@H]1CC[C@H]2[C@@H](O1)c1ccccc1O[C@@]2(C)CC[C@H]1C(C)(C)C1(Cl)Cl. The molecule has 2 heterocycles. The zero-order chi connectivity index (χ0) is 18.0. The van der Waals surface area contributed by atoms with Crippen LogP contribution in [-0.2, 0) is 4.74 Å². The molecule has 0 amide bonds. The van der Waals surface area contributed by atoms with Crippen LogP contribution in [0.3, 0.4) is 0 Å². The van der Waals surface area contributed by atoms with E-state index < -0.39 is 4.33 Å². The van der Waals surface area contributed by atoms with E-state index in [1.807, 2.05) is 6.07 Å². The molecule has 0 aromatic heterocycles. The Morgan fingerprint density at radius 2 is 1.80 bits per heavy atom. The highest BCUT2D eigenvalue weighted by Gasteiger charge is 2.69. The maximum atomic E-state index is 6.57. The van der Waals surface area contributed by atoms with Crippen LogP contribution < -0.4 is 4.74 Å². The smallest absolute Gasteiger partial charge is 0.127 e. The van der Waals surface area contributed by atoms with E-state index in [9.17, 15) is 0 Å². The summed E-state index contributed by atoms with van der Waals surface area (Å²) < 4.78 is 12.4. The first-order valence-electron chi connectivity index (χ1n) is 9.48. The third-order valence-corrected chi connectivity index (χ3v) is 8.50. The molecular formula is C21H28Cl2O2. The molecule has 1 aliphatic carbocycles. The zero-order valence-electron chi connectivity index (χ0n) is 15.5. The first-order chi connectivity index (χ1) is 11.7. The molecule has 0 spiro atoms. The molecular weight excluding hydrogens is 355 g/mol. The number of hydrogen-bond donors (Lipinski definition) is 0. The lowest BCUT2D eigenvalue weighted by Gasteiger charge is -2.50. The molecule has 2 aliphatic heterocycles. The minimum Gasteiger partial charge on any atom is -0.487 e. The van der Waals surface area contributed by atoms with Gasteiger partial charge in [-0.25, -0.2) is 0 Å². The van der Waals surface area contributed by atoms with E-state index in [2.05, 4.69) is 45.9 Å². The van der Waals surface area contributed by atoms with Crippen LogP contribution in [0, 0.1) is 17.3 Å². The summed E-state index contributed by atoms with van der Waals surface area (Å²) in [4.78, 5) is 0. The van der Waals surface area contributed by atoms with E-state index >= 15 is 0 Å². The van der Waals surface area contributed by atoms with E-state index in [4.69, 9.17) is 32.7 Å². The van der Waals surface area contributed by atoms with E-state index in [1.54, 1.807) is 0 Å². The molecule has 0 radical (unpaired) electrons. The predicted molar refractivity (Wildman–Crippen MR) is 102 cm³/mol. The monoisotopic (exact) mass is 382 g/mol. The number of ether oxygens (including phenoxy) is 2. The summed E-state index contributed by atoms with van der Waals surface area (Å²) in [7, 11) is 0. The van der Waals surface area contributed by atoms with Crippen molar-refractivity contribution in [3.63, 3.8) is 0 Å². The summed E-state index contributed by atoms with van der Waals surface area (Å²) in [5, 5.41) is 0. The Balaban J connectivity index is 1.59. The lowest BCUT2D eigenvalue weighted by atomic mass is 9.72. The molecule has 4 rings (SSSR count). The second-order valence-corrected chi connectivity index (χ2v) is 10.3. The van der Waals surface area contributed by atoms with Crippen LogP contribution in [0.1, 0.15) is 65.0 Å². The van der Waals surface area contributed by atoms with Crippen molar-refractivity contribution in [2.45, 2.75) is 75.5 Å². The van der Waals surface area contributed by atoms with Crippen molar-refractivity contribution in [1.29, 1.82) is 0 Å². The maximum absolute atomic E-state index is 6.57. The molecule has 2 fully saturated rings. The van der Waals surface area contributed by atoms with Gasteiger partial charge in [0.25, 0.3) is 0 Å². The van der Waals surface area contributed by atoms with Crippen LogP contribution in [-0.4, -0.2) is 16.0 Å². The molecule has 0 bridgehead atoms. The second-order valence-electron chi connectivity index (χ2n) is 8.94. The fourth-order valence-electron chi connectivity index (χ4n) is 5.00. The third-order valence-electron chi connectivity index (χ3n) is 7.00. The minimum absolute atomic E-state index is 0.0178. The maximum Gasteiger partial charge on any atom is 0.127 e. The zero-order valence-corrected chi connectivity index (χ0v) is 17.0. The van der Waals surface area contributed by atoms with Crippen LogP contribution in [0.25, 0.3) is 0 Å². The molecule has 0 unspecified atom stereocenters. The molecule has 1 aromatic carbocycles. The van der Waals surface area contributed by atoms with Gasteiger partial charge in [-0.2, -0.15) is 0 Å². The minimum atomic E-state index is -0.604. The fraction of sp³-hybridized carbons (Fsp3) is 0.714.